The highest BCUT2D eigenvalue weighted by molar-refractivity contribution is 9.10. The van der Waals surface area contributed by atoms with Crippen LogP contribution in [0.4, 0.5) is 0 Å². The second-order valence-electron chi connectivity index (χ2n) is 4.16. The smallest absolute Gasteiger partial charge is 0.134 e. The Bertz CT molecular complexity index is 551. The molecule has 96 valence electrons. The topological polar surface area (TPSA) is 40.7 Å². The van der Waals surface area contributed by atoms with Gasteiger partial charge in [0.05, 0.1) is 0 Å². The minimum absolute atomic E-state index is 0.599. The molecule has 2 rings (SSSR count). The highest BCUT2D eigenvalue weighted by Gasteiger charge is 2.12. The maximum Gasteiger partial charge on any atom is 0.134 e. The quantitative estimate of drug-likeness (QED) is 0.901. The SMILES string of the molecule is CNCCc1nc(-c2cc(Br)ccc2C)c(Cl)[nH]1. The average molecular weight is 329 g/mol. The van der Waals surface area contributed by atoms with Crippen LogP contribution in [0.2, 0.25) is 5.15 Å². The van der Waals surface area contributed by atoms with Crippen molar-refractivity contribution in [3.63, 3.8) is 0 Å². The van der Waals surface area contributed by atoms with E-state index in [2.05, 4.69) is 44.2 Å². The van der Waals surface area contributed by atoms with Crippen molar-refractivity contribution in [1.82, 2.24) is 15.3 Å². The molecule has 0 spiro atoms. The Kier molecular flexibility index (Phi) is 4.43. The minimum Gasteiger partial charge on any atom is -0.332 e. The summed E-state index contributed by atoms with van der Waals surface area (Å²) in [5, 5.41) is 3.69. The van der Waals surface area contributed by atoms with Gasteiger partial charge in [0, 0.05) is 23.0 Å². The summed E-state index contributed by atoms with van der Waals surface area (Å²) in [6, 6.07) is 6.11. The molecule has 0 fully saturated rings. The summed E-state index contributed by atoms with van der Waals surface area (Å²) >= 11 is 9.70. The van der Waals surface area contributed by atoms with E-state index in [-0.39, 0.29) is 0 Å². The number of halogens is 2. The van der Waals surface area contributed by atoms with Crippen LogP contribution in [-0.4, -0.2) is 23.6 Å². The first kappa shape index (κ1) is 13.6. The lowest BCUT2D eigenvalue weighted by molar-refractivity contribution is 0.764. The second kappa shape index (κ2) is 5.87. The Labute approximate surface area is 120 Å². The van der Waals surface area contributed by atoms with Gasteiger partial charge in [-0.2, -0.15) is 0 Å². The van der Waals surface area contributed by atoms with Gasteiger partial charge in [-0.05, 0) is 31.7 Å². The number of nitrogens with zero attached hydrogens (tertiary/aromatic N) is 1. The second-order valence-corrected chi connectivity index (χ2v) is 5.45. The number of hydrogen-bond donors (Lipinski definition) is 2. The molecule has 1 aromatic heterocycles. The Morgan fingerprint density at radius 3 is 2.94 bits per heavy atom. The van der Waals surface area contributed by atoms with Crippen molar-refractivity contribution in [2.24, 2.45) is 0 Å². The van der Waals surface area contributed by atoms with E-state index in [1.807, 2.05) is 19.2 Å². The molecule has 0 saturated heterocycles. The molecule has 0 bridgehead atoms. The van der Waals surface area contributed by atoms with Crippen LogP contribution < -0.4 is 5.32 Å². The number of H-pyrrole nitrogens is 1. The van der Waals surface area contributed by atoms with Crippen molar-refractivity contribution in [2.75, 3.05) is 13.6 Å². The summed E-state index contributed by atoms with van der Waals surface area (Å²) in [5.41, 5.74) is 3.04. The van der Waals surface area contributed by atoms with Gasteiger partial charge in [0.2, 0.25) is 0 Å². The maximum absolute atomic E-state index is 6.23. The van der Waals surface area contributed by atoms with Gasteiger partial charge in [0.15, 0.2) is 0 Å². The molecule has 5 heteroatoms. The highest BCUT2D eigenvalue weighted by atomic mass is 79.9. The molecule has 2 aromatic rings. The first-order valence-electron chi connectivity index (χ1n) is 5.77. The lowest BCUT2D eigenvalue weighted by atomic mass is 10.1. The van der Waals surface area contributed by atoms with Crippen molar-refractivity contribution in [3.05, 3.63) is 39.2 Å². The molecule has 18 heavy (non-hydrogen) atoms. The predicted molar refractivity (Wildman–Crippen MR) is 79.1 cm³/mol. The van der Waals surface area contributed by atoms with E-state index in [0.29, 0.717) is 5.15 Å². The van der Waals surface area contributed by atoms with Gasteiger partial charge in [-0.15, -0.1) is 0 Å². The highest BCUT2D eigenvalue weighted by Crippen LogP contribution is 2.30. The maximum atomic E-state index is 6.23. The number of benzene rings is 1. The van der Waals surface area contributed by atoms with E-state index in [1.54, 1.807) is 0 Å². The molecule has 0 amide bonds. The van der Waals surface area contributed by atoms with Crippen LogP contribution in [0, 0.1) is 6.92 Å². The van der Waals surface area contributed by atoms with Crippen molar-refractivity contribution in [3.8, 4) is 11.3 Å². The molecule has 3 nitrogen and oxygen atoms in total. The molecule has 0 aliphatic rings. The van der Waals surface area contributed by atoms with Gasteiger partial charge < -0.3 is 10.3 Å². The number of imidazole rings is 1. The molecule has 0 atom stereocenters. The van der Waals surface area contributed by atoms with Gasteiger partial charge in [0.25, 0.3) is 0 Å². The molecule has 0 aliphatic carbocycles. The first-order chi connectivity index (χ1) is 8.61. The van der Waals surface area contributed by atoms with Crippen LogP contribution in [0.1, 0.15) is 11.4 Å². The Hall–Kier alpha value is -0.840. The van der Waals surface area contributed by atoms with Crippen molar-refractivity contribution in [1.29, 1.82) is 0 Å². The number of likely N-dealkylation sites (N-methyl/N-ethyl adjacent to an activating group) is 1. The fourth-order valence-electron chi connectivity index (χ4n) is 1.79. The van der Waals surface area contributed by atoms with Crippen LogP contribution in [0.25, 0.3) is 11.3 Å². The fraction of sp³-hybridized carbons (Fsp3) is 0.308. The number of nitrogens with one attached hydrogen (secondary N) is 2. The zero-order valence-corrected chi connectivity index (χ0v) is 12.7. The standard InChI is InChI=1S/C13H15BrClN3/c1-8-3-4-9(14)7-10(8)12-13(15)18-11(17-12)5-6-16-2/h3-4,7,16H,5-6H2,1-2H3,(H,17,18). The third kappa shape index (κ3) is 2.94. The van der Waals surface area contributed by atoms with E-state index >= 15 is 0 Å². The molecule has 0 saturated carbocycles. The lowest BCUT2D eigenvalue weighted by Gasteiger charge is -2.03. The number of aromatic amines is 1. The molecule has 2 N–H and O–H groups in total. The average Bonchev–Trinajstić information content (AvgIpc) is 2.71. The van der Waals surface area contributed by atoms with E-state index in [9.17, 15) is 0 Å². The molecular formula is C13H15BrClN3. The zero-order chi connectivity index (χ0) is 13.1. The third-order valence-corrected chi connectivity index (χ3v) is 3.54. The van der Waals surface area contributed by atoms with E-state index in [4.69, 9.17) is 11.6 Å². The number of hydrogen-bond acceptors (Lipinski definition) is 2. The molecule has 0 radical (unpaired) electrons. The van der Waals surface area contributed by atoms with Crippen LogP contribution >= 0.6 is 27.5 Å². The molecule has 1 aromatic carbocycles. The van der Waals surface area contributed by atoms with E-state index < -0.39 is 0 Å². The summed E-state index contributed by atoms with van der Waals surface area (Å²) in [6.07, 6.45) is 0.837. The van der Waals surface area contributed by atoms with Gasteiger partial charge >= 0.3 is 0 Å². The summed E-state index contributed by atoms with van der Waals surface area (Å²) in [7, 11) is 1.92. The predicted octanol–water partition coefficient (Wildman–Crippen LogP) is 3.56. The van der Waals surface area contributed by atoms with Crippen LogP contribution in [0.15, 0.2) is 22.7 Å². The molecule has 1 heterocycles. The number of aryl methyl sites for hydroxylation is 1. The van der Waals surface area contributed by atoms with E-state index in [1.165, 1.54) is 0 Å². The summed E-state index contributed by atoms with van der Waals surface area (Å²) in [4.78, 5) is 7.69. The number of rotatable bonds is 4. The van der Waals surface area contributed by atoms with Gasteiger partial charge in [-0.25, -0.2) is 4.98 Å². The minimum atomic E-state index is 0.599. The Morgan fingerprint density at radius 2 is 2.22 bits per heavy atom. The van der Waals surface area contributed by atoms with Crippen LogP contribution in [-0.2, 0) is 6.42 Å². The largest absolute Gasteiger partial charge is 0.332 e. The Morgan fingerprint density at radius 1 is 1.44 bits per heavy atom. The summed E-state index contributed by atoms with van der Waals surface area (Å²) < 4.78 is 1.03. The van der Waals surface area contributed by atoms with Crippen LogP contribution in [0.3, 0.4) is 0 Å². The summed E-state index contributed by atoms with van der Waals surface area (Å²) in [5.74, 6) is 0.906. The van der Waals surface area contributed by atoms with Crippen molar-refractivity contribution in [2.45, 2.75) is 13.3 Å². The molecule has 0 aliphatic heterocycles. The fourth-order valence-corrected chi connectivity index (χ4v) is 2.40. The Balaban J connectivity index is 2.38. The monoisotopic (exact) mass is 327 g/mol. The number of aromatic nitrogens is 2. The van der Waals surface area contributed by atoms with Crippen LogP contribution in [0.5, 0.6) is 0 Å². The molecular weight excluding hydrogens is 314 g/mol. The van der Waals surface area contributed by atoms with Crippen molar-refractivity contribution >= 4 is 27.5 Å². The summed E-state index contributed by atoms with van der Waals surface area (Å²) in [6.45, 7) is 2.93. The molecule has 0 unspecified atom stereocenters. The normalized spacial score (nSPS) is 10.9. The third-order valence-electron chi connectivity index (χ3n) is 2.78. The first-order valence-corrected chi connectivity index (χ1v) is 6.94. The zero-order valence-electron chi connectivity index (χ0n) is 10.3. The van der Waals surface area contributed by atoms with Crippen molar-refractivity contribution < 1.29 is 0 Å². The van der Waals surface area contributed by atoms with Gasteiger partial charge in [-0.1, -0.05) is 33.6 Å². The van der Waals surface area contributed by atoms with Gasteiger partial charge in [0.1, 0.15) is 16.7 Å². The van der Waals surface area contributed by atoms with Gasteiger partial charge in [-0.3, -0.25) is 0 Å². The van der Waals surface area contributed by atoms with E-state index in [0.717, 1.165) is 40.1 Å². The lowest BCUT2D eigenvalue weighted by Crippen LogP contribution is -2.11.